The van der Waals surface area contributed by atoms with Crippen molar-refractivity contribution in [2.24, 2.45) is 5.41 Å². The van der Waals surface area contributed by atoms with Crippen LogP contribution in [0.3, 0.4) is 0 Å². The van der Waals surface area contributed by atoms with E-state index in [2.05, 4.69) is 0 Å². The van der Waals surface area contributed by atoms with Crippen LogP contribution in [0.4, 0.5) is 0 Å². The standard InChI is InChI=1S/C10H15ClO/c1-9(7-11)6-10(8-12)4-2-3-5-10/h7-8H,2-6H2,1H3/b9-7+. The van der Waals surface area contributed by atoms with Gasteiger partial charge in [0.2, 0.25) is 0 Å². The molecule has 0 aromatic rings. The average molecular weight is 187 g/mol. The summed E-state index contributed by atoms with van der Waals surface area (Å²) in [5, 5.41) is 0. The maximum atomic E-state index is 10.9. The highest BCUT2D eigenvalue weighted by molar-refractivity contribution is 6.25. The molecule has 1 aliphatic carbocycles. The molecule has 0 aromatic carbocycles. The molecule has 1 aliphatic rings. The van der Waals surface area contributed by atoms with E-state index in [1.165, 1.54) is 12.8 Å². The molecule has 0 N–H and O–H groups in total. The largest absolute Gasteiger partial charge is 0.303 e. The lowest BCUT2D eigenvalue weighted by atomic mass is 9.82. The minimum Gasteiger partial charge on any atom is -0.303 e. The Balaban J connectivity index is 2.61. The highest BCUT2D eigenvalue weighted by atomic mass is 35.5. The van der Waals surface area contributed by atoms with Gasteiger partial charge in [0.05, 0.1) is 0 Å². The van der Waals surface area contributed by atoms with E-state index in [-0.39, 0.29) is 5.41 Å². The molecular weight excluding hydrogens is 172 g/mol. The first kappa shape index (κ1) is 9.79. The minimum absolute atomic E-state index is 0.0739. The minimum atomic E-state index is -0.0739. The van der Waals surface area contributed by atoms with Crippen LogP contribution in [0.25, 0.3) is 0 Å². The van der Waals surface area contributed by atoms with Crippen LogP contribution >= 0.6 is 11.6 Å². The average Bonchev–Trinajstić information content (AvgIpc) is 2.54. The van der Waals surface area contributed by atoms with Gasteiger partial charge in [-0.3, -0.25) is 0 Å². The van der Waals surface area contributed by atoms with Crippen LogP contribution in [0.5, 0.6) is 0 Å². The maximum Gasteiger partial charge on any atom is 0.126 e. The summed E-state index contributed by atoms with van der Waals surface area (Å²) in [5.74, 6) is 0. The molecule has 0 saturated heterocycles. The number of carbonyl (C=O) groups excluding carboxylic acids is 1. The fourth-order valence-electron chi connectivity index (χ4n) is 2.01. The van der Waals surface area contributed by atoms with Crippen LogP contribution in [0.1, 0.15) is 39.0 Å². The van der Waals surface area contributed by atoms with Crippen molar-refractivity contribution in [1.29, 1.82) is 0 Å². The number of halogens is 1. The maximum absolute atomic E-state index is 10.9. The summed E-state index contributed by atoms with van der Waals surface area (Å²) in [7, 11) is 0. The smallest absolute Gasteiger partial charge is 0.126 e. The van der Waals surface area contributed by atoms with E-state index in [0.717, 1.165) is 31.1 Å². The molecule has 0 aromatic heterocycles. The second-order valence-corrected chi connectivity index (χ2v) is 4.04. The van der Waals surface area contributed by atoms with Crippen LogP contribution in [-0.4, -0.2) is 6.29 Å². The zero-order chi connectivity index (χ0) is 9.03. The Kier molecular flexibility index (Phi) is 3.33. The van der Waals surface area contributed by atoms with E-state index in [1.807, 2.05) is 6.92 Å². The van der Waals surface area contributed by atoms with Gasteiger partial charge in [0.25, 0.3) is 0 Å². The zero-order valence-electron chi connectivity index (χ0n) is 7.48. The molecule has 0 atom stereocenters. The first-order chi connectivity index (χ1) is 5.72. The van der Waals surface area contributed by atoms with Crippen LogP contribution < -0.4 is 0 Å². The van der Waals surface area contributed by atoms with Crippen molar-refractivity contribution < 1.29 is 4.79 Å². The van der Waals surface area contributed by atoms with E-state index in [1.54, 1.807) is 5.54 Å². The lowest BCUT2D eigenvalue weighted by Gasteiger charge is -2.21. The third kappa shape index (κ3) is 2.10. The molecule has 1 nitrogen and oxygen atoms in total. The number of hydrogen-bond acceptors (Lipinski definition) is 1. The first-order valence-electron chi connectivity index (χ1n) is 4.45. The van der Waals surface area contributed by atoms with E-state index < -0.39 is 0 Å². The topological polar surface area (TPSA) is 17.1 Å². The molecular formula is C10H15ClO. The van der Waals surface area contributed by atoms with E-state index in [0.29, 0.717) is 0 Å². The first-order valence-corrected chi connectivity index (χ1v) is 4.88. The monoisotopic (exact) mass is 186 g/mol. The fourth-order valence-corrected chi connectivity index (χ4v) is 2.09. The molecule has 0 unspecified atom stereocenters. The van der Waals surface area contributed by atoms with Gasteiger partial charge in [0, 0.05) is 11.0 Å². The van der Waals surface area contributed by atoms with Crippen molar-refractivity contribution >= 4 is 17.9 Å². The normalized spacial score (nSPS) is 22.7. The number of rotatable bonds is 3. The second kappa shape index (κ2) is 4.08. The molecule has 0 amide bonds. The van der Waals surface area contributed by atoms with E-state index >= 15 is 0 Å². The van der Waals surface area contributed by atoms with Gasteiger partial charge in [0.1, 0.15) is 6.29 Å². The highest BCUT2D eigenvalue weighted by Gasteiger charge is 2.33. The Morgan fingerprint density at radius 1 is 1.50 bits per heavy atom. The Hall–Kier alpha value is -0.300. The van der Waals surface area contributed by atoms with Gasteiger partial charge < -0.3 is 4.79 Å². The molecule has 1 rings (SSSR count). The van der Waals surface area contributed by atoms with Crippen molar-refractivity contribution in [2.75, 3.05) is 0 Å². The van der Waals surface area contributed by atoms with Crippen LogP contribution in [0, 0.1) is 5.41 Å². The number of hydrogen-bond donors (Lipinski definition) is 0. The summed E-state index contributed by atoms with van der Waals surface area (Å²) in [6.07, 6.45) is 6.43. The third-order valence-corrected chi connectivity index (χ3v) is 3.04. The summed E-state index contributed by atoms with van der Waals surface area (Å²) in [4.78, 5) is 10.9. The third-order valence-electron chi connectivity index (χ3n) is 2.67. The zero-order valence-corrected chi connectivity index (χ0v) is 8.23. The van der Waals surface area contributed by atoms with Gasteiger partial charge >= 0.3 is 0 Å². The molecule has 1 saturated carbocycles. The molecule has 0 spiro atoms. The number of allylic oxidation sites excluding steroid dienone is 1. The lowest BCUT2D eigenvalue weighted by molar-refractivity contribution is -0.115. The van der Waals surface area contributed by atoms with Gasteiger partial charge in [-0.25, -0.2) is 0 Å². The number of carbonyl (C=O) groups is 1. The summed E-state index contributed by atoms with van der Waals surface area (Å²) in [6.45, 7) is 1.98. The van der Waals surface area contributed by atoms with Crippen LogP contribution in [-0.2, 0) is 4.79 Å². The quantitative estimate of drug-likeness (QED) is 0.619. The Morgan fingerprint density at radius 2 is 2.08 bits per heavy atom. The van der Waals surface area contributed by atoms with Crippen molar-refractivity contribution in [2.45, 2.75) is 39.0 Å². The Morgan fingerprint density at radius 3 is 2.50 bits per heavy atom. The summed E-state index contributed by atoms with van der Waals surface area (Å²) in [6, 6.07) is 0. The van der Waals surface area contributed by atoms with Crippen molar-refractivity contribution in [3.63, 3.8) is 0 Å². The lowest BCUT2D eigenvalue weighted by Crippen LogP contribution is -2.18. The molecule has 1 fully saturated rings. The van der Waals surface area contributed by atoms with Gasteiger partial charge in [-0.05, 0) is 26.2 Å². The summed E-state index contributed by atoms with van der Waals surface area (Å²) in [5.41, 5.74) is 2.63. The van der Waals surface area contributed by atoms with Gasteiger partial charge in [0.15, 0.2) is 0 Å². The second-order valence-electron chi connectivity index (χ2n) is 3.82. The Bertz CT molecular complexity index is 190. The molecule has 2 heteroatoms. The highest BCUT2D eigenvalue weighted by Crippen LogP contribution is 2.41. The van der Waals surface area contributed by atoms with Crippen molar-refractivity contribution in [1.82, 2.24) is 0 Å². The van der Waals surface area contributed by atoms with Crippen molar-refractivity contribution in [3.8, 4) is 0 Å². The van der Waals surface area contributed by atoms with E-state index in [9.17, 15) is 4.79 Å². The molecule has 68 valence electrons. The summed E-state index contributed by atoms with van der Waals surface area (Å²) < 4.78 is 0. The SMILES string of the molecule is C/C(=C\Cl)CC1(C=O)CCCC1. The molecule has 0 bridgehead atoms. The number of aldehydes is 1. The predicted molar refractivity (Wildman–Crippen MR) is 51.2 cm³/mol. The van der Waals surface area contributed by atoms with Crippen LogP contribution in [0.2, 0.25) is 0 Å². The molecule has 0 aliphatic heterocycles. The van der Waals surface area contributed by atoms with Gasteiger partial charge in [-0.15, -0.1) is 0 Å². The molecule has 12 heavy (non-hydrogen) atoms. The van der Waals surface area contributed by atoms with Gasteiger partial charge in [-0.1, -0.05) is 30.0 Å². The van der Waals surface area contributed by atoms with Gasteiger partial charge in [-0.2, -0.15) is 0 Å². The van der Waals surface area contributed by atoms with E-state index in [4.69, 9.17) is 11.6 Å². The summed E-state index contributed by atoms with van der Waals surface area (Å²) >= 11 is 5.57. The Labute approximate surface area is 78.8 Å². The fraction of sp³-hybridized carbons (Fsp3) is 0.700. The molecule has 0 radical (unpaired) electrons. The van der Waals surface area contributed by atoms with Crippen molar-refractivity contribution in [3.05, 3.63) is 11.1 Å². The molecule has 0 heterocycles. The van der Waals surface area contributed by atoms with Crippen LogP contribution in [0.15, 0.2) is 11.1 Å². The predicted octanol–water partition coefficient (Wildman–Crippen LogP) is 3.28.